The number of anilines is 3. The zero-order valence-corrected chi connectivity index (χ0v) is 21.1. The molecule has 2 heterocycles. The minimum atomic E-state index is -5.02. The maximum atomic E-state index is 13.7. The number of pyridine rings is 1. The zero-order valence-electron chi connectivity index (χ0n) is 20.2. The molecule has 0 spiro atoms. The maximum absolute atomic E-state index is 13.7. The smallest absolute Gasteiger partial charge is 0.464 e. The quantitative estimate of drug-likeness (QED) is 0.302. The zero-order chi connectivity index (χ0) is 29.5. The summed E-state index contributed by atoms with van der Waals surface area (Å²) in [5.74, 6) is -2.02. The lowest BCUT2D eigenvalue weighted by molar-refractivity contribution is -0.274. The molecule has 3 aromatic rings. The second-order valence-corrected chi connectivity index (χ2v) is 10.2. The number of halogens is 6. The Labute approximate surface area is 223 Å². The molecule has 0 saturated carbocycles. The van der Waals surface area contributed by atoms with Crippen LogP contribution in [0.3, 0.4) is 0 Å². The Balaban J connectivity index is 1.84. The van der Waals surface area contributed by atoms with Gasteiger partial charge in [-0.05, 0) is 55.0 Å². The van der Waals surface area contributed by atoms with Gasteiger partial charge in [-0.25, -0.2) is 18.2 Å². The second kappa shape index (κ2) is 10.5. The fourth-order valence-corrected chi connectivity index (χ4v) is 5.25. The standard InChI is InChI=1S/C24H19F6N3O6S/c1-2-38-22(35)20(34)13-3-9-17-18(11-13)33(12-14-4-10-19(23(25,26)27)32-21(14)31-17)40(36,37)16-7-5-15(6-8-16)39-24(28,29)30/h3-11,20,34H,2,12H2,1H3,(H,31,32). The van der Waals surface area contributed by atoms with Gasteiger partial charge in [0.15, 0.2) is 6.10 Å². The summed E-state index contributed by atoms with van der Waals surface area (Å²) in [6.45, 7) is 0.881. The minimum Gasteiger partial charge on any atom is -0.464 e. The highest BCUT2D eigenvalue weighted by Gasteiger charge is 2.36. The maximum Gasteiger partial charge on any atom is 0.573 e. The molecular formula is C24H19F6N3O6S. The van der Waals surface area contributed by atoms with Gasteiger partial charge in [0.1, 0.15) is 17.3 Å². The van der Waals surface area contributed by atoms with Crippen LogP contribution in [0.1, 0.15) is 29.8 Å². The number of ether oxygens (including phenoxy) is 2. The van der Waals surface area contributed by atoms with Crippen molar-refractivity contribution >= 4 is 33.2 Å². The van der Waals surface area contributed by atoms with Crippen LogP contribution in [0, 0.1) is 0 Å². The molecule has 4 rings (SSSR count). The molecule has 0 bridgehead atoms. The van der Waals surface area contributed by atoms with Gasteiger partial charge in [-0.2, -0.15) is 13.2 Å². The van der Waals surface area contributed by atoms with Crippen LogP contribution in [0.25, 0.3) is 0 Å². The number of hydrogen-bond acceptors (Lipinski definition) is 8. The Bertz CT molecular complexity index is 1530. The Morgan fingerprint density at radius 2 is 1.75 bits per heavy atom. The highest BCUT2D eigenvalue weighted by Crippen LogP contribution is 2.41. The number of sulfonamides is 1. The predicted molar refractivity (Wildman–Crippen MR) is 127 cm³/mol. The van der Waals surface area contributed by atoms with Crippen molar-refractivity contribution in [2.24, 2.45) is 0 Å². The van der Waals surface area contributed by atoms with E-state index in [1.807, 2.05) is 0 Å². The summed E-state index contributed by atoms with van der Waals surface area (Å²) >= 11 is 0. The molecule has 16 heteroatoms. The number of fused-ring (bicyclic) bond motifs is 2. The first-order valence-electron chi connectivity index (χ1n) is 11.3. The van der Waals surface area contributed by atoms with Crippen molar-refractivity contribution in [2.75, 3.05) is 16.2 Å². The van der Waals surface area contributed by atoms with Gasteiger partial charge in [0.25, 0.3) is 10.0 Å². The summed E-state index contributed by atoms with van der Waals surface area (Å²) in [6, 6.07) is 8.57. The molecule has 1 atom stereocenters. The number of hydrogen-bond donors (Lipinski definition) is 2. The van der Waals surface area contributed by atoms with Gasteiger partial charge < -0.3 is 19.9 Å². The van der Waals surface area contributed by atoms with Crippen molar-refractivity contribution in [2.45, 2.75) is 37.0 Å². The van der Waals surface area contributed by atoms with Crippen molar-refractivity contribution in [3.63, 3.8) is 0 Å². The summed E-state index contributed by atoms with van der Waals surface area (Å²) in [7, 11) is -4.60. The van der Waals surface area contributed by atoms with E-state index in [1.165, 1.54) is 19.1 Å². The number of aromatic nitrogens is 1. The monoisotopic (exact) mass is 591 g/mol. The van der Waals surface area contributed by atoms with Crippen LogP contribution in [0.4, 0.5) is 43.5 Å². The molecule has 2 N–H and O–H groups in total. The van der Waals surface area contributed by atoms with Crippen LogP contribution in [0.2, 0.25) is 0 Å². The molecule has 0 fully saturated rings. The van der Waals surface area contributed by atoms with E-state index in [9.17, 15) is 44.7 Å². The highest BCUT2D eigenvalue weighted by molar-refractivity contribution is 7.92. The molecule has 2 aromatic carbocycles. The minimum absolute atomic E-state index is 0.0253. The first kappa shape index (κ1) is 28.9. The molecule has 1 aliphatic rings. The van der Waals surface area contributed by atoms with Crippen LogP contribution >= 0.6 is 0 Å². The van der Waals surface area contributed by atoms with Gasteiger partial charge in [0, 0.05) is 5.56 Å². The molecular weight excluding hydrogens is 572 g/mol. The third-order valence-electron chi connectivity index (χ3n) is 5.60. The van der Waals surface area contributed by atoms with E-state index in [2.05, 4.69) is 15.0 Å². The largest absolute Gasteiger partial charge is 0.573 e. The number of alkyl halides is 6. The van der Waals surface area contributed by atoms with Gasteiger partial charge in [0.05, 0.1) is 29.4 Å². The molecule has 9 nitrogen and oxygen atoms in total. The average Bonchev–Trinajstić information content (AvgIpc) is 3.03. The number of benzene rings is 2. The average molecular weight is 591 g/mol. The fourth-order valence-electron chi connectivity index (χ4n) is 3.79. The third kappa shape index (κ3) is 6.07. The Kier molecular flexibility index (Phi) is 7.60. The summed E-state index contributed by atoms with van der Waals surface area (Å²) in [5, 5.41) is 13.1. The lowest BCUT2D eigenvalue weighted by Crippen LogP contribution is -2.30. The second-order valence-electron chi connectivity index (χ2n) is 8.29. The summed E-state index contributed by atoms with van der Waals surface area (Å²) in [5.41, 5.74) is -1.56. The molecule has 0 saturated heterocycles. The van der Waals surface area contributed by atoms with Crippen molar-refractivity contribution in [3.8, 4) is 5.75 Å². The number of carbonyl (C=O) groups excluding carboxylic acids is 1. The van der Waals surface area contributed by atoms with E-state index < -0.39 is 57.5 Å². The van der Waals surface area contributed by atoms with E-state index in [0.717, 1.165) is 40.7 Å². The van der Waals surface area contributed by atoms with E-state index in [0.29, 0.717) is 6.07 Å². The lowest BCUT2D eigenvalue weighted by Gasteiger charge is -2.25. The highest BCUT2D eigenvalue weighted by atomic mass is 32.2. The predicted octanol–water partition coefficient (Wildman–Crippen LogP) is 5.05. The number of aliphatic hydroxyl groups is 1. The molecule has 1 aliphatic heterocycles. The van der Waals surface area contributed by atoms with Gasteiger partial charge >= 0.3 is 18.5 Å². The Morgan fingerprint density at radius 3 is 2.35 bits per heavy atom. The van der Waals surface area contributed by atoms with Crippen molar-refractivity contribution in [3.05, 3.63) is 71.4 Å². The van der Waals surface area contributed by atoms with E-state index in [1.54, 1.807) is 0 Å². The van der Waals surface area contributed by atoms with E-state index in [-0.39, 0.29) is 34.9 Å². The van der Waals surface area contributed by atoms with Crippen LogP contribution in [-0.4, -0.2) is 37.4 Å². The number of nitrogens with zero attached hydrogens (tertiary/aromatic N) is 2. The lowest BCUT2D eigenvalue weighted by atomic mass is 10.1. The van der Waals surface area contributed by atoms with Crippen molar-refractivity contribution in [1.29, 1.82) is 0 Å². The van der Waals surface area contributed by atoms with Crippen molar-refractivity contribution < 1.29 is 54.1 Å². The molecule has 0 radical (unpaired) electrons. The van der Waals surface area contributed by atoms with Crippen molar-refractivity contribution in [1.82, 2.24) is 4.98 Å². The normalized spacial score (nSPS) is 14.3. The van der Waals surface area contributed by atoms with Crippen LogP contribution < -0.4 is 14.4 Å². The van der Waals surface area contributed by atoms with Gasteiger partial charge in [0.2, 0.25) is 0 Å². The van der Waals surface area contributed by atoms with E-state index >= 15 is 0 Å². The summed E-state index contributed by atoms with van der Waals surface area (Å²) < 4.78 is 114. The molecule has 1 aromatic heterocycles. The van der Waals surface area contributed by atoms with E-state index in [4.69, 9.17) is 4.74 Å². The summed E-state index contributed by atoms with van der Waals surface area (Å²) in [4.78, 5) is 15.2. The van der Waals surface area contributed by atoms with Gasteiger partial charge in [-0.1, -0.05) is 12.1 Å². The topological polar surface area (TPSA) is 118 Å². The van der Waals surface area contributed by atoms with Crippen LogP contribution in [-0.2, 0) is 32.3 Å². The summed E-state index contributed by atoms with van der Waals surface area (Å²) in [6.07, 6.45) is -11.6. The molecule has 1 unspecified atom stereocenters. The first-order valence-corrected chi connectivity index (χ1v) is 12.8. The number of nitrogens with one attached hydrogen (secondary N) is 1. The SMILES string of the molecule is CCOC(=O)C(O)c1ccc2c(c1)N(S(=O)(=O)c1ccc(OC(F)(F)F)cc1)Cc1ccc(C(F)(F)F)nc1N2. The number of aliphatic hydroxyl groups excluding tert-OH is 1. The van der Waals surface area contributed by atoms with Gasteiger partial charge in [-0.15, -0.1) is 13.2 Å². The number of rotatable bonds is 6. The Hall–Kier alpha value is -4.05. The molecule has 0 aliphatic carbocycles. The molecule has 214 valence electrons. The first-order chi connectivity index (χ1) is 18.6. The third-order valence-corrected chi connectivity index (χ3v) is 7.37. The number of esters is 1. The Morgan fingerprint density at radius 1 is 1.07 bits per heavy atom. The van der Waals surface area contributed by atoms with Crippen LogP contribution in [0.5, 0.6) is 5.75 Å². The molecule has 0 amide bonds. The molecule has 40 heavy (non-hydrogen) atoms. The number of carbonyl (C=O) groups is 1. The fraction of sp³-hybridized carbons (Fsp3) is 0.250. The van der Waals surface area contributed by atoms with Crippen LogP contribution in [0.15, 0.2) is 59.5 Å². The van der Waals surface area contributed by atoms with Gasteiger partial charge in [-0.3, -0.25) is 4.31 Å².